The molecule has 0 radical (unpaired) electrons. The Balaban J connectivity index is 2.01. The number of nitrogens with one attached hydrogen (secondary N) is 1. The normalized spacial score (nSPS) is 39.2. The summed E-state index contributed by atoms with van der Waals surface area (Å²) in [6.07, 6.45) is 7.15. The number of morpholine rings is 1. The van der Waals surface area contributed by atoms with Crippen LogP contribution in [0.3, 0.4) is 0 Å². The molecular formula is C8H13NO. The second-order valence-corrected chi connectivity index (χ2v) is 2.91. The summed E-state index contributed by atoms with van der Waals surface area (Å²) in [5, 5.41) is 3.44. The van der Waals surface area contributed by atoms with Crippen LogP contribution >= 0.6 is 0 Å². The smallest absolute Gasteiger partial charge is 0.0766 e. The zero-order valence-electron chi connectivity index (χ0n) is 6.05. The number of fused-ring (bicyclic) bond motifs is 1. The molecule has 1 N–H and O–H groups in total. The molecule has 1 saturated heterocycles. The summed E-state index contributed by atoms with van der Waals surface area (Å²) in [7, 11) is 0. The van der Waals surface area contributed by atoms with Crippen LogP contribution in [0.15, 0.2) is 12.2 Å². The van der Waals surface area contributed by atoms with Crippen molar-refractivity contribution in [3.05, 3.63) is 12.2 Å². The molecule has 1 fully saturated rings. The summed E-state index contributed by atoms with van der Waals surface area (Å²) < 4.78 is 5.57. The van der Waals surface area contributed by atoms with E-state index in [1.54, 1.807) is 0 Å². The van der Waals surface area contributed by atoms with Crippen LogP contribution in [0.4, 0.5) is 0 Å². The van der Waals surface area contributed by atoms with Gasteiger partial charge in [0.1, 0.15) is 0 Å². The van der Waals surface area contributed by atoms with Crippen LogP contribution in [0.25, 0.3) is 0 Å². The Kier molecular flexibility index (Phi) is 1.74. The zero-order chi connectivity index (χ0) is 6.81. The summed E-state index contributed by atoms with van der Waals surface area (Å²) in [4.78, 5) is 0. The van der Waals surface area contributed by atoms with Crippen LogP contribution < -0.4 is 5.32 Å². The standard InChI is InChI=1S/C8H13NO/c1-2-4-8-7(3-1)9-5-6-10-8/h1-2,7-9H,3-6H2. The lowest BCUT2D eigenvalue weighted by Gasteiger charge is -2.33. The van der Waals surface area contributed by atoms with Gasteiger partial charge in [0.25, 0.3) is 0 Å². The molecule has 2 heteroatoms. The molecule has 1 heterocycles. The fraction of sp³-hybridized carbons (Fsp3) is 0.750. The van der Waals surface area contributed by atoms with E-state index >= 15 is 0 Å². The van der Waals surface area contributed by atoms with Gasteiger partial charge in [-0.2, -0.15) is 0 Å². The molecule has 0 amide bonds. The van der Waals surface area contributed by atoms with E-state index in [0.29, 0.717) is 12.1 Å². The quantitative estimate of drug-likeness (QED) is 0.499. The molecule has 0 bridgehead atoms. The first kappa shape index (κ1) is 6.38. The Labute approximate surface area is 61.3 Å². The largest absolute Gasteiger partial charge is 0.375 e. The van der Waals surface area contributed by atoms with Crippen molar-refractivity contribution >= 4 is 0 Å². The molecule has 2 atom stereocenters. The molecule has 2 unspecified atom stereocenters. The predicted octanol–water partition coefficient (Wildman–Crippen LogP) is 0.693. The van der Waals surface area contributed by atoms with Gasteiger partial charge in [-0.1, -0.05) is 12.2 Å². The first-order valence-electron chi connectivity index (χ1n) is 3.97. The Bertz CT molecular complexity index is 128. The summed E-state index contributed by atoms with van der Waals surface area (Å²) in [5.74, 6) is 0. The average Bonchev–Trinajstić information content (AvgIpc) is 2.05. The molecule has 0 aromatic rings. The van der Waals surface area contributed by atoms with Gasteiger partial charge >= 0.3 is 0 Å². The summed E-state index contributed by atoms with van der Waals surface area (Å²) in [6.45, 7) is 1.91. The molecule has 0 saturated carbocycles. The number of hydrogen-bond acceptors (Lipinski definition) is 2. The van der Waals surface area contributed by atoms with Crippen LogP contribution in [0.2, 0.25) is 0 Å². The lowest BCUT2D eigenvalue weighted by Crippen LogP contribution is -2.48. The molecular weight excluding hydrogens is 126 g/mol. The molecule has 1 aliphatic carbocycles. The highest BCUT2D eigenvalue weighted by atomic mass is 16.5. The summed E-state index contributed by atoms with van der Waals surface area (Å²) in [5.41, 5.74) is 0. The Morgan fingerprint density at radius 2 is 2.20 bits per heavy atom. The van der Waals surface area contributed by atoms with E-state index in [4.69, 9.17) is 4.74 Å². The molecule has 2 aliphatic rings. The van der Waals surface area contributed by atoms with Gasteiger partial charge in [0, 0.05) is 12.6 Å². The highest BCUT2D eigenvalue weighted by Gasteiger charge is 2.25. The van der Waals surface area contributed by atoms with Crippen molar-refractivity contribution in [2.24, 2.45) is 0 Å². The molecule has 56 valence electrons. The van der Waals surface area contributed by atoms with Gasteiger partial charge in [-0.05, 0) is 12.8 Å². The SMILES string of the molecule is C1=CCC2OCCNC2C1. The van der Waals surface area contributed by atoms with Gasteiger partial charge in [-0.25, -0.2) is 0 Å². The average molecular weight is 139 g/mol. The molecule has 1 aliphatic heterocycles. The Hall–Kier alpha value is -0.340. The van der Waals surface area contributed by atoms with E-state index in [1.165, 1.54) is 0 Å². The van der Waals surface area contributed by atoms with Crippen molar-refractivity contribution < 1.29 is 4.74 Å². The van der Waals surface area contributed by atoms with Crippen molar-refractivity contribution in [2.75, 3.05) is 13.2 Å². The third-order valence-corrected chi connectivity index (χ3v) is 2.21. The highest BCUT2D eigenvalue weighted by molar-refractivity contribution is 4.99. The number of rotatable bonds is 0. The Morgan fingerprint density at radius 3 is 3.10 bits per heavy atom. The monoisotopic (exact) mass is 139 g/mol. The maximum absolute atomic E-state index is 5.57. The van der Waals surface area contributed by atoms with Crippen molar-refractivity contribution in [2.45, 2.75) is 25.0 Å². The minimum Gasteiger partial charge on any atom is -0.375 e. The van der Waals surface area contributed by atoms with E-state index in [9.17, 15) is 0 Å². The highest BCUT2D eigenvalue weighted by Crippen LogP contribution is 2.17. The van der Waals surface area contributed by atoms with Gasteiger partial charge < -0.3 is 10.1 Å². The van der Waals surface area contributed by atoms with Gasteiger partial charge in [0.05, 0.1) is 12.7 Å². The number of ether oxygens (including phenoxy) is 1. The van der Waals surface area contributed by atoms with Crippen LogP contribution in [-0.4, -0.2) is 25.3 Å². The summed E-state index contributed by atoms with van der Waals surface area (Å²) in [6, 6.07) is 0.596. The van der Waals surface area contributed by atoms with E-state index in [-0.39, 0.29) is 0 Å². The van der Waals surface area contributed by atoms with E-state index in [0.717, 1.165) is 26.0 Å². The predicted molar refractivity (Wildman–Crippen MR) is 39.9 cm³/mol. The van der Waals surface area contributed by atoms with Gasteiger partial charge in [0.2, 0.25) is 0 Å². The molecule has 0 aromatic carbocycles. The van der Waals surface area contributed by atoms with Crippen molar-refractivity contribution in [3.8, 4) is 0 Å². The van der Waals surface area contributed by atoms with E-state index < -0.39 is 0 Å². The minimum absolute atomic E-state index is 0.457. The van der Waals surface area contributed by atoms with E-state index in [2.05, 4.69) is 17.5 Å². The molecule has 10 heavy (non-hydrogen) atoms. The third-order valence-electron chi connectivity index (χ3n) is 2.21. The first-order valence-corrected chi connectivity index (χ1v) is 3.97. The lowest BCUT2D eigenvalue weighted by molar-refractivity contribution is -0.00376. The lowest BCUT2D eigenvalue weighted by atomic mass is 9.97. The van der Waals surface area contributed by atoms with Crippen molar-refractivity contribution in [3.63, 3.8) is 0 Å². The molecule has 2 rings (SSSR count). The summed E-state index contributed by atoms with van der Waals surface area (Å²) >= 11 is 0. The fourth-order valence-electron chi connectivity index (χ4n) is 1.64. The van der Waals surface area contributed by atoms with E-state index in [1.807, 2.05) is 0 Å². The van der Waals surface area contributed by atoms with Crippen LogP contribution in [0, 0.1) is 0 Å². The third kappa shape index (κ3) is 1.09. The van der Waals surface area contributed by atoms with Crippen LogP contribution in [-0.2, 0) is 4.74 Å². The van der Waals surface area contributed by atoms with Crippen LogP contribution in [0.5, 0.6) is 0 Å². The Morgan fingerprint density at radius 1 is 1.30 bits per heavy atom. The molecule has 0 aromatic heterocycles. The maximum atomic E-state index is 5.57. The van der Waals surface area contributed by atoms with Gasteiger partial charge in [-0.3, -0.25) is 0 Å². The number of hydrogen-bond donors (Lipinski definition) is 1. The second kappa shape index (κ2) is 2.72. The van der Waals surface area contributed by atoms with Crippen molar-refractivity contribution in [1.82, 2.24) is 5.32 Å². The van der Waals surface area contributed by atoms with Gasteiger partial charge in [-0.15, -0.1) is 0 Å². The van der Waals surface area contributed by atoms with Crippen LogP contribution in [0.1, 0.15) is 12.8 Å². The minimum atomic E-state index is 0.457. The topological polar surface area (TPSA) is 21.3 Å². The molecule has 0 spiro atoms. The maximum Gasteiger partial charge on any atom is 0.0766 e. The second-order valence-electron chi connectivity index (χ2n) is 2.91. The zero-order valence-corrected chi connectivity index (χ0v) is 6.05. The van der Waals surface area contributed by atoms with Gasteiger partial charge in [0.15, 0.2) is 0 Å². The molecule has 2 nitrogen and oxygen atoms in total. The van der Waals surface area contributed by atoms with Crippen molar-refractivity contribution in [1.29, 1.82) is 0 Å². The first-order chi connectivity index (χ1) is 4.97. The fourth-order valence-corrected chi connectivity index (χ4v) is 1.64.